The summed E-state index contributed by atoms with van der Waals surface area (Å²) in [4.78, 5) is 28.4. The molecule has 0 spiro atoms. The van der Waals surface area contributed by atoms with Crippen molar-refractivity contribution in [2.24, 2.45) is 0 Å². The Labute approximate surface area is 186 Å². The molecule has 4 aliphatic rings. The second kappa shape index (κ2) is 7.12. The van der Waals surface area contributed by atoms with Crippen LogP contribution in [0.2, 0.25) is 0 Å². The predicted molar refractivity (Wildman–Crippen MR) is 117 cm³/mol. The van der Waals surface area contributed by atoms with E-state index in [4.69, 9.17) is 9.47 Å². The number of urea groups is 1. The summed E-state index contributed by atoms with van der Waals surface area (Å²) in [6, 6.07) is 7.74. The molecule has 3 N–H and O–H groups in total. The number of anilines is 1. The topological polar surface area (TPSA) is 102 Å². The van der Waals surface area contributed by atoms with Crippen molar-refractivity contribution in [1.82, 2.24) is 15.6 Å². The normalized spacial score (nSPS) is 27.5. The van der Waals surface area contributed by atoms with E-state index in [1.54, 1.807) is 6.20 Å². The van der Waals surface area contributed by atoms with Gasteiger partial charge in [0.2, 0.25) is 5.91 Å². The number of pyridine rings is 1. The number of aromatic nitrogens is 1. The van der Waals surface area contributed by atoms with Crippen LogP contribution >= 0.6 is 0 Å². The molecule has 1 aromatic heterocycles. The van der Waals surface area contributed by atoms with E-state index in [2.05, 4.69) is 20.9 Å². The smallest absolute Gasteiger partial charge is 0.315 e. The molecular formula is C24H26N4O4. The SMILES string of the molecule is CC12Oc3ccc(Oc4ccnc5c4CCC(=O)N5)cc3[C@H]1[C@@H]2NC(=O)NC1CCCC1. The largest absolute Gasteiger partial charge is 0.484 e. The van der Waals surface area contributed by atoms with Gasteiger partial charge in [-0.2, -0.15) is 0 Å². The second-order valence-electron chi connectivity index (χ2n) is 9.33. The number of amides is 3. The second-order valence-corrected chi connectivity index (χ2v) is 9.33. The van der Waals surface area contributed by atoms with Gasteiger partial charge in [0, 0.05) is 29.8 Å². The quantitative estimate of drug-likeness (QED) is 0.682. The first-order valence-electron chi connectivity index (χ1n) is 11.4. The first kappa shape index (κ1) is 19.4. The van der Waals surface area contributed by atoms with Crippen LogP contribution in [0.3, 0.4) is 0 Å². The molecule has 0 bridgehead atoms. The lowest BCUT2D eigenvalue weighted by atomic mass is 10.1. The average Bonchev–Trinajstić information content (AvgIpc) is 3.11. The molecule has 2 saturated carbocycles. The highest BCUT2D eigenvalue weighted by molar-refractivity contribution is 5.93. The molecule has 1 unspecified atom stereocenters. The Kier molecular flexibility index (Phi) is 4.31. The summed E-state index contributed by atoms with van der Waals surface area (Å²) in [5, 5.41) is 9.00. The number of carbonyl (C=O) groups is 2. The lowest BCUT2D eigenvalue weighted by molar-refractivity contribution is -0.116. The van der Waals surface area contributed by atoms with Gasteiger partial charge >= 0.3 is 6.03 Å². The number of fused-ring (bicyclic) bond motifs is 4. The van der Waals surface area contributed by atoms with Crippen molar-refractivity contribution in [3.8, 4) is 17.2 Å². The molecule has 2 fully saturated rings. The molecule has 0 saturated heterocycles. The number of ether oxygens (including phenoxy) is 2. The molecule has 8 heteroatoms. The van der Waals surface area contributed by atoms with E-state index in [0.717, 1.165) is 29.7 Å². The highest BCUT2D eigenvalue weighted by Crippen LogP contribution is 2.62. The molecular weight excluding hydrogens is 408 g/mol. The number of carbonyl (C=O) groups excluding carboxylic acids is 2. The average molecular weight is 434 g/mol. The molecule has 2 aliphatic carbocycles. The maximum atomic E-state index is 12.5. The zero-order valence-corrected chi connectivity index (χ0v) is 17.9. The molecule has 8 nitrogen and oxygen atoms in total. The molecule has 32 heavy (non-hydrogen) atoms. The van der Waals surface area contributed by atoms with E-state index in [-0.39, 0.29) is 29.9 Å². The summed E-state index contributed by atoms with van der Waals surface area (Å²) in [7, 11) is 0. The van der Waals surface area contributed by atoms with Crippen LogP contribution in [0.5, 0.6) is 17.2 Å². The van der Waals surface area contributed by atoms with Crippen molar-refractivity contribution in [2.45, 2.75) is 69.1 Å². The van der Waals surface area contributed by atoms with Crippen LogP contribution in [0, 0.1) is 0 Å². The van der Waals surface area contributed by atoms with Crippen LogP contribution in [0.25, 0.3) is 0 Å². The van der Waals surface area contributed by atoms with E-state index in [1.165, 1.54) is 12.8 Å². The third kappa shape index (κ3) is 3.16. The fourth-order valence-corrected chi connectivity index (χ4v) is 5.41. The van der Waals surface area contributed by atoms with Crippen LogP contribution in [-0.4, -0.2) is 34.6 Å². The van der Waals surface area contributed by atoms with E-state index in [9.17, 15) is 9.59 Å². The maximum absolute atomic E-state index is 12.5. The Bertz CT molecular complexity index is 1110. The monoisotopic (exact) mass is 434 g/mol. The van der Waals surface area contributed by atoms with Gasteiger partial charge in [0.05, 0.1) is 12.0 Å². The summed E-state index contributed by atoms with van der Waals surface area (Å²) < 4.78 is 12.4. The molecule has 1 aromatic carbocycles. The number of nitrogens with one attached hydrogen (secondary N) is 3. The third-order valence-corrected chi connectivity index (χ3v) is 7.18. The first-order chi connectivity index (χ1) is 15.5. The number of nitrogens with zero attached hydrogens (tertiary/aromatic N) is 1. The standard InChI is InChI=1S/C24H26N4O4/c1-24-20(21(24)28-23(30)26-13-4-2-3-5-13)16-12-14(6-8-18(16)32-24)31-17-10-11-25-22-15(17)7-9-19(29)27-22/h6,8,10-13,20-21H,2-5,7,9H2,1H3,(H,25,27,29)(H2,26,28,30)/t20-,21-,24?/m0/s1. The van der Waals surface area contributed by atoms with Crippen molar-refractivity contribution in [2.75, 3.05) is 5.32 Å². The van der Waals surface area contributed by atoms with Crippen molar-refractivity contribution >= 4 is 17.8 Å². The van der Waals surface area contributed by atoms with E-state index < -0.39 is 5.60 Å². The predicted octanol–water partition coefficient (Wildman–Crippen LogP) is 3.62. The summed E-state index contributed by atoms with van der Waals surface area (Å²) in [6.45, 7) is 2.04. The molecule has 6 rings (SSSR count). The van der Waals surface area contributed by atoms with Gasteiger partial charge in [0.25, 0.3) is 0 Å². The minimum absolute atomic E-state index is 0.0274. The summed E-state index contributed by atoms with van der Waals surface area (Å²) in [6.07, 6.45) is 7.13. The van der Waals surface area contributed by atoms with Gasteiger partial charge in [0.15, 0.2) is 0 Å². The van der Waals surface area contributed by atoms with Crippen molar-refractivity contribution < 1.29 is 19.1 Å². The number of rotatable bonds is 4. The Balaban J connectivity index is 1.18. The fraction of sp³-hybridized carbons (Fsp3) is 0.458. The summed E-state index contributed by atoms with van der Waals surface area (Å²) >= 11 is 0. The third-order valence-electron chi connectivity index (χ3n) is 7.18. The maximum Gasteiger partial charge on any atom is 0.315 e. The number of hydrogen-bond acceptors (Lipinski definition) is 5. The van der Waals surface area contributed by atoms with Crippen LogP contribution < -0.4 is 25.4 Å². The lowest BCUT2D eigenvalue weighted by Crippen LogP contribution is -2.44. The van der Waals surface area contributed by atoms with Gasteiger partial charge < -0.3 is 25.4 Å². The van der Waals surface area contributed by atoms with Crippen LogP contribution in [0.4, 0.5) is 10.6 Å². The summed E-state index contributed by atoms with van der Waals surface area (Å²) in [5.41, 5.74) is 1.53. The zero-order valence-electron chi connectivity index (χ0n) is 17.9. The lowest BCUT2D eigenvalue weighted by Gasteiger charge is -2.19. The van der Waals surface area contributed by atoms with Gasteiger partial charge in [-0.15, -0.1) is 0 Å². The molecule has 3 atom stereocenters. The van der Waals surface area contributed by atoms with Crippen LogP contribution in [0.15, 0.2) is 30.5 Å². The minimum Gasteiger partial charge on any atom is -0.484 e. The zero-order chi connectivity index (χ0) is 21.9. The summed E-state index contributed by atoms with van der Waals surface area (Å²) in [5.74, 6) is 2.86. The Morgan fingerprint density at radius 1 is 1.22 bits per heavy atom. The van der Waals surface area contributed by atoms with Gasteiger partial charge in [-0.25, -0.2) is 9.78 Å². The molecule has 166 valence electrons. The molecule has 2 aromatic rings. The Morgan fingerprint density at radius 3 is 2.91 bits per heavy atom. The van der Waals surface area contributed by atoms with Crippen LogP contribution in [0.1, 0.15) is 56.1 Å². The van der Waals surface area contributed by atoms with Crippen molar-refractivity contribution in [3.63, 3.8) is 0 Å². The fourth-order valence-electron chi connectivity index (χ4n) is 5.41. The highest BCUT2D eigenvalue weighted by atomic mass is 16.5. The van der Waals surface area contributed by atoms with E-state index in [0.29, 0.717) is 30.2 Å². The van der Waals surface area contributed by atoms with E-state index >= 15 is 0 Å². The van der Waals surface area contributed by atoms with E-state index in [1.807, 2.05) is 31.2 Å². The van der Waals surface area contributed by atoms with Gasteiger partial charge in [-0.1, -0.05) is 12.8 Å². The number of hydrogen-bond donors (Lipinski definition) is 3. The molecule has 3 heterocycles. The van der Waals surface area contributed by atoms with Gasteiger partial charge in [-0.05, 0) is 50.5 Å². The van der Waals surface area contributed by atoms with Crippen molar-refractivity contribution in [1.29, 1.82) is 0 Å². The molecule has 2 aliphatic heterocycles. The van der Waals surface area contributed by atoms with Crippen LogP contribution in [-0.2, 0) is 11.2 Å². The number of benzene rings is 1. The Morgan fingerprint density at radius 2 is 2.06 bits per heavy atom. The highest BCUT2D eigenvalue weighted by Gasteiger charge is 2.70. The molecule has 0 radical (unpaired) electrons. The molecule has 3 amide bonds. The minimum atomic E-state index is -0.423. The van der Waals surface area contributed by atoms with Crippen molar-refractivity contribution in [3.05, 3.63) is 41.6 Å². The Hall–Kier alpha value is -3.29. The van der Waals surface area contributed by atoms with Gasteiger partial charge in [0.1, 0.15) is 28.7 Å². The van der Waals surface area contributed by atoms with Gasteiger partial charge in [-0.3, -0.25) is 4.79 Å². The first-order valence-corrected chi connectivity index (χ1v) is 11.4.